The summed E-state index contributed by atoms with van der Waals surface area (Å²) >= 11 is 7.19. The Morgan fingerprint density at radius 1 is 1.33 bits per heavy atom. The van der Waals surface area contributed by atoms with Gasteiger partial charge in [-0.1, -0.05) is 30.3 Å². The van der Waals surface area contributed by atoms with E-state index in [1.165, 1.54) is 5.56 Å². The fraction of sp³-hybridized carbons (Fsp3) is 0.467. The van der Waals surface area contributed by atoms with E-state index in [4.69, 9.17) is 17.0 Å². The first-order valence-electron chi connectivity index (χ1n) is 7.20. The molecular weight excluding hydrogens is 302 g/mol. The van der Waals surface area contributed by atoms with Crippen LogP contribution in [0.4, 0.5) is 0 Å². The number of thioether (sulfide) groups is 1. The number of aromatic nitrogens is 3. The molecule has 6 heteroatoms. The molecule has 0 aliphatic carbocycles. The molecule has 1 unspecified atom stereocenters. The van der Waals surface area contributed by atoms with Gasteiger partial charge in [-0.05, 0) is 30.6 Å². The van der Waals surface area contributed by atoms with Crippen molar-refractivity contribution >= 4 is 24.0 Å². The molecule has 0 amide bonds. The zero-order chi connectivity index (χ0) is 14.5. The minimum atomic E-state index is 0.284. The van der Waals surface area contributed by atoms with Crippen LogP contribution in [0.3, 0.4) is 0 Å². The predicted molar refractivity (Wildman–Crippen MR) is 87.8 cm³/mol. The average Bonchev–Trinajstić information content (AvgIpc) is 3.13. The van der Waals surface area contributed by atoms with Crippen LogP contribution in [0.1, 0.15) is 24.2 Å². The standard InChI is InChI=1S/C15H19N3OS2/c20-15-17-16-14(18(15)9-13-7-4-8-19-13)11-21-10-12-5-2-1-3-6-12/h1-3,5-6,13H,4,7-11H2,(H,17,20). The SMILES string of the molecule is S=c1[nH]nc(CSCc2ccccc2)n1CC1CCCO1. The summed E-state index contributed by atoms with van der Waals surface area (Å²) in [6.07, 6.45) is 2.55. The lowest BCUT2D eigenvalue weighted by molar-refractivity contribution is 0.0960. The Morgan fingerprint density at radius 2 is 2.19 bits per heavy atom. The summed E-state index contributed by atoms with van der Waals surface area (Å²) in [7, 11) is 0. The van der Waals surface area contributed by atoms with Crippen LogP contribution in [0.25, 0.3) is 0 Å². The maximum atomic E-state index is 5.69. The van der Waals surface area contributed by atoms with E-state index >= 15 is 0 Å². The lowest BCUT2D eigenvalue weighted by Gasteiger charge is -2.12. The molecule has 1 fully saturated rings. The van der Waals surface area contributed by atoms with Crippen LogP contribution in [0.5, 0.6) is 0 Å². The van der Waals surface area contributed by atoms with Crippen molar-refractivity contribution in [1.82, 2.24) is 14.8 Å². The van der Waals surface area contributed by atoms with Gasteiger partial charge in [0.05, 0.1) is 18.4 Å². The minimum absolute atomic E-state index is 0.284. The lowest BCUT2D eigenvalue weighted by atomic mass is 10.2. The van der Waals surface area contributed by atoms with Gasteiger partial charge in [-0.2, -0.15) is 5.10 Å². The van der Waals surface area contributed by atoms with Crippen molar-refractivity contribution in [2.45, 2.75) is 37.0 Å². The molecule has 112 valence electrons. The van der Waals surface area contributed by atoms with E-state index < -0.39 is 0 Å². The molecule has 2 heterocycles. The molecule has 1 atom stereocenters. The molecule has 4 nitrogen and oxygen atoms in total. The second-order valence-corrected chi connectivity index (χ2v) is 6.54. The number of aromatic amines is 1. The summed E-state index contributed by atoms with van der Waals surface area (Å²) in [5.74, 6) is 2.85. The first-order valence-corrected chi connectivity index (χ1v) is 8.76. The maximum absolute atomic E-state index is 5.69. The van der Waals surface area contributed by atoms with Crippen molar-refractivity contribution in [3.8, 4) is 0 Å². The van der Waals surface area contributed by atoms with Crippen LogP contribution in [-0.2, 0) is 22.8 Å². The zero-order valence-electron chi connectivity index (χ0n) is 11.8. The topological polar surface area (TPSA) is 42.8 Å². The van der Waals surface area contributed by atoms with Crippen molar-refractivity contribution < 1.29 is 4.74 Å². The molecule has 0 spiro atoms. The van der Waals surface area contributed by atoms with E-state index in [-0.39, 0.29) is 6.10 Å². The number of rotatable bonds is 6. The van der Waals surface area contributed by atoms with Gasteiger partial charge in [0, 0.05) is 12.4 Å². The number of nitrogens with zero attached hydrogens (tertiary/aromatic N) is 2. The van der Waals surface area contributed by atoms with Crippen LogP contribution in [0, 0.1) is 4.77 Å². The third-order valence-corrected chi connectivity index (χ3v) is 4.90. The van der Waals surface area contributed by atoms with Gasteiger partial charge in [0.15, 0.2) is 4.77 Å². The molecule has 1 saturated heterocycles. The van der Waals surface area contributed by atoms with Gasteiger partial charge >= 0.3 is 0 Å². The molecule has 1 aromatic heterocycles. The molecular formula is C15H19N3OS2. The molecule has 0 radical (unpaired) electrons. The molecule has 1 aliphatic heterocycles. The van der Waals surface area contributed by atoms with Crippen molar-refractivity contribution in [2.24, 2.45) is 0 Å². The van der Waals surface area contributed by atoms with Crippen LogP contribution in [0.15, 0.2) is 30.3 Å². The Bertz CT molecular complexity index is 617. The maximum Gasteiger partial charge on any atom is 0.195 e. The van der Waals surface area contributed by atoms with Crippen molar-refractivity contribution in [1.29, 1.82) is 0 Å². The number of hydrogen-bond acceptors (Lipinski definition) is 4. The van der Waals surface area contributed by atoms with Crippen LogP contribution < -0.4 is 0 Å². The number of H-pyrrole nitrogens is 1. The third kappa shape index (κ3) is 3.96. The molecule has 21 heavy (non-hydrogen) atoms. The van der Waals surface area contributed by atoms with E-state index in [0.29, 0.717) is 4.77 Å². The highest BCUT2D eigenvalue weighted by Gasteiger charge is 2.18. The van der Waals surface area contributed by atoms with Crippen molar-refractivity contribution in [2.75, 3.05) is 6.61 Å². The summed E-state index contributed by atoms with van der Waals surface area (Å²) in [5, 5.41) is 7.27. The van der Waals surface area contributed by atoms with E-state index in [1.54, 1.807) is 0 Å². The van der Waals surface area contributed by atoms with Gasteiger partial charge in [0.1, 0.15) is 5.82 Å². The van der Waals surface area contributed by atoms with Gasteiger partial charge in [-0.25, -0.2) is 0 Å². The van der Waals surface area contributed by atoms with Gasteiger partial charge in [0.25, 0.3) is 0 Å². The lowest BCUT2D eigenvalue weighted by Crippen LogP contribution is -2.17. The summed E-state index contributed by atoms with van der Waals surface area (Å²) in [6.45, 7) is 1.69. The molecule has 0 saturated carbocycles. The quantitative estimate of drug-likeness (QED) is 0.826. The normalized spacial score (nSPS) is 18.2. The smallest absolute Gasteiger partial charge is 0.195 e. The zero-order valence-corrected chi connectivity index (χ0v) is 13.5. The Labute approximate surface area is 133 Å². The second-order valence-electron chi connectivity index (χ2n) is 5.17. The Kier molecular flexibility index (Phi) is 5.11. The molecule has 2 aromatic rings. The van der Waals surface area contributed by atoms with Crippen molar-refractivity contribution in [3.63, 3.8) is 0 Å². The highest BCUT2D eigenvalue weighted by molar-refractivity contribution is 7.97. The summed E-state index contributed by atoms with van der Waals surface area (Å²) < 4.78 is 8.48. The Morgan fingerprint density at radius 3 is 2.95 bits per heavy atom. The number of benzene rings is 1. The largest absolute Gasteiger partial charge is 0.376 e. The van der Waals surface area contributed by atoms with Crippen LogP contribution in [-0.4, -0.2) is 27.5 Å². The fourth-order valence-electron chi connectivity index (χ4n) is 2.48. The van der Waals surface area contributed by atoms with E-state index in [9.17, 15) is 0 Å². The predicted octanol–water partition coefficient (Wildman–Crippen LogP) is 3.55. The summed E-state index contributed by atoms with van der Waals surface area (Å²) in [6, 6.07) is 10.5. The second kappa shape index (κ2) is 7.24. The fourth-order valence-corrected chi connectivity index (χ4v) is 3.63. The van der Waals surface area contributed by atoms with E-state index in [0.717, 1.165) is 43.3 Å². The summed E-state index contributed by atoms with van der Waals surface area (Å²) in [4.78, 5) is 0. The first kappa shape index (κ1) is 14.8. The Balaban J connectivity index is 1.59. The monoisotopic (exact) mass is 321 g/mol. The van der Waals surface area contributed by atoms with Gasteiger partial charge in [0.2, 0.25) is 0 Å². The van der Waals surface area contributed by atoms with Crippen LogP contribution >= 0.6 is 24.0 Å². The number of hydrogen-bond donors (Lipinski definition) is 1. The molecule has 0 bridgehead atoms. The first-order chi connectivity index (χ1) is 10.3. The van der Waals surface area contributed by atoms with Gasteiger partial charge < -0.3 is 9.30 Å². The highest BCUT2D eigenvalue weighted by atomic mass is 32.2. The summed E-state index contributed by atoms with van der Waals surface area (Å²) in [5.41, 5.74) is 1.34. The highest BCUT2D eigenvalue weighted by Crippen LogP contribution is 2.19. The van der Waals surface area contributed by atoms with Gasteiger partial charge in [-0.3, -0.25) is 5.10 Å². The van der Waals surface area contributed by atoms with Crippen molar-refractivity contribution in [3.05, 3.63) is 46.5 Å². The van der Waals surface area contributed by atoms with Gasteiger partial charge in [-0.15, -0.1) is 11.8 Å². The van der Waals surface area contributed by atoms with E-state index in [1.807, 2.05) is 17.8 Å². The van der Waals surface area contributed by atoms with Crippen LogP contribution in [0.2, 0.25) is 0 Å². The minimum Gasteiger partial charge on any atom is -0.376 e. The number of nitrogens with one attached hydrogen (secondary N) is 1. The third-order valence-electron chi connectivity index (χ3n) is 3.59. The molecule has 1 aromatic carbocycles. The number of ether oxygens (including phenoxy) is 1. The Hall–Kier alpha value is -1.11. The van der Waals surface area contributed by atoms with E-state index in [2.05, 4.69) is 39.0 Å². The molecule has 1 aliphatic rings. The molecule has 1 N–H and O–H groups in total. The molecule has 3 rings (SSSR count). The average molecular weight is 321 g/mol.